The number of halogens is 1. The highest BCUT2D eigenvalue weighted by molar-refractivity contribution is 5.92. The molecule has 4 N–H and O–H groups in total. The number of hydrogen-bond acceptors (Lipinski definition) is 9. The maximum atomic E-state index is 15.2. The predicted octanol–water partition coefficient (Wildman–Crippen LogP) is 2.37. The number of carbonyl (C=O) groups is 1. The van der Waals surface area contributed by atoms with Gasteiger partial charge in [0.25, 0.3) is 0 Å². The number of amides is 1. The molecule has 4 rings (SSSR count). The lowest BCUT2D eigenvalue weighted by atomic mass is 10.0. The van der Waals surface area contributed by atoms with E-state index in [2.05, 4.69) is 16.0 Å². The molecule has 2 heterocycles. The van der Waals surface area contributed by atoms with Crippen LogP contribution in [0.1, 0.15) is 30.5 Å². The number of carbonyl (C=O) groups excluding carboxylic acids is 1. The summed E-state index contributed by atoms with van der Waals surface area (Å²) in [5.74, 6) is -0.212. The summed E-state index contributed by atoms with van der Waals surface area (Å²) in [5, 5.41) is 9.27. The zero-order valence-electron chi connectivity index (χ0n) is 20.4. The molecule has 0 bridgehead atoms. The van der Waals surface area contributed by atoms with E-state index < -0.39 is 11.9 Å². The molecule has 3 aromatic rings. The minimum atomic E-state index is -0.680. The van der Waals surface area contributed by atoms with Crippen LogP contribution in [0.5, 0.6) is 11.5 Å². The van der Waals surface area contributed by atoms with E-state index in [9.17, 15) is 4.79 Å². The fourth-order valence-corrected chi connectivity index (χ4v) is 4.39. The number of nitrogens with zero attached hydrogens (tertiary/aromatic N) is 5. The van der Waals surface area contributed by atoms with Crippen molar-refractivity contribution in [2.45, 2.75) is 25.4 Å². The zero-order valence-corrected chi connectivity index (χ0v) is 20.4. The molecule has 1 unspecified atom stereocenters. The Morgan fingerprint density at radius 1 is 1.25 bits per heavy atom. The van der Waals surface area contributed by atoms with Gasteiger partial charge in [0, 0.05) is 43.5 Å². The molecule has 0 saturated carbocycles. The Kier molecular flexibility index (Phi) is 7.07. The summed E-state index contributed by atoms with van der Waals surface area (Å²) < 4.78 is 25.5. The molecule has 2 aromatic carbocycles. The lowest BCUT2D eigenvalue weighted by Gasteiger charge is -2.40. The third-order valence-corrected chi connectivity index (χ3v) is 6.39. The zero-order chi connectivity index (χ0) is 26.0. The van der Waals surface area contributed by atoms with Crippen LogP contribution in [0.3, 0.4) is 0 Å². The van der Waals surface area contributed by atoms with Gasteiger partial charge in [0.1, 0.15) is 11.3 Å². The minimum absolute atomic E-state index is 0.0363. The second kappa shape index (κ2) is 10.2. The molecule has 1 amide bonds. The molecular weight excluding hydrogens is 465 g/mol. The number of methoxy groups -OCH3 is 2. The Morgan fingerprint density at radius 3 is 2.58 bits per heavy atom. The molecule has 10 nitrogen and oxygen atoms in total. The van der Waals surface area contributed by atoms with E-state index in [1.165, 1.54) is 14.2 Å². The summed E-state index contributed by atoms with van der Waals surface area (Å²) >= 11 is 0. The minimum Gasteiger partial charge on any atom is -0.493 e. The number of benzene rings is 2. The van der Waals surface area contributed by atoms with Gasteiger partial charge in [-0.25, -0.2) is 9.37 Å². The molecule has 2 atom stereocenters. The Bertz CT molecular complexity index is 1330. The van der Waals surface area contributed by atoms with E-state index in [1.54, 1.807) is 35.2 Å². The van der Waals surface area contributed by atoms with Gasteiger partial charge in [-0.15, -0.1) is 0 Å². The van der Waals surface area contributed by atoms with Crippen LogP contribution < -0.4 is 25.8 Å². The quantitative estimate of drug-likeness (QED) is 0.529. The van der Waals surface area contributed by atoms with Gasteiger partial charge in [0.15, 0.2) is 17.3 Å². The topological polar surface area (TPSA) is 144 Å². The van der Waals surface area contributed by atoms with Gasteiger partial charge in [-0.05, 0) is 30.7 Å². The average Bonchev–Trinajstić information content (AvgIpc) is 2.88. The van der Waals surface area contributed by atoms with Crippen LogP contribution in [-0.2, 0) is 4.79 Å². The van der Waals surface area contributed by atoms with E-state index >= 15 is 4.39 Å². The number of nitrogen functional groups attached to an aromatic ring is 1. The molecule has 0 radical (unpaired) electrons. The van der Waals surface area contributed by atoms with Crippen LogP contribution in [0.4, 0.5) is 16.2 Å². The summed E-state index contributed by atoms with van der Waals surface area (Å²) in [6, 6.07) is 9.90. The molecule has 188 valence electrons. The van der Waals surface area contributed by atoms with Crippen LogP contribution in [0.25, 0.3) is 10.9 Å². The number of nitrogens with two attached hydrogens (primary N) is 2. The Labute approximate surface area is 208 Å². The number of fused-ring (bicyclic) bond motifs is 1. The molecule has 11 heteroatoms. The summed E-state index contributed by atoms with van der Waals surface area (Å²) in [6.07, 6.45) is 0.144. The predicted molar refractivity (Wildman–Crippen MR) is 133 cm³/mol. The smallest absolute Gasteiger partial charge is 0.228 e. The van der Waals surface area contributed by atoms with E-state index in [4.69, 9.17) is 26.2 Å². The SMILES string of the molecule is COc1cc2c(N)nc(N3CCN(C(=O)C[C@@H](N)c4ccc(C#N)cc4)CC3C)nc2c(F)c1OC. The summed E-state index contributed by atoms with van der Waals surface area (Å²) in [7, 11) is 2.76. The number of ether oxygens (including phenoxy) is 2. The van der Waals surface area contributed by atoms with Crippen LogP contribution in [0.15, 0.2) is 30.3 Å². The maximum absolute atomic E-state index is 15.2. The van der Waals surface area contributed by atoms with Crippen molar-refractivity contribution in [2.75, 3.05) is 44.5 Å². The monoisotopic (exact) mass is 493 g/mol. The third-order valence-electron chi connectivity index (χ3n) is 6.39. The van der Waals surface area contributed by atoms with Gasteiger partial charge in [0.2, 0.25) is 11.9 Å². The fraction of sp³-hybridized carbons (Fsp3) is 0.360. The lowest BCUT2D eigenvalue weighted by molar-refractivity contribution is -0.132. The molecule has 0 spiro atoms. The van der Waals surface area contributed by atoms with E-state index in [0.717, 1.165) is 5.56 Å². The Hall–Kier alpha value is -4.17. The van der Waals surface area contributed by atoms with Crippen molar-refractivity contribution in [3.05, 3.63) is 47.3 Å². The van der Waals surface area contributed by atoms with Crippen molar-refractivity contribution in [2.24, 2.45) is 5.73 Å². The standard InChI is InChI=1S/C25H28FN7O3/c1-14-13-32(20(34)11-18(28)16-6-4-15(12-27)5-7-16)8-9-33(14)25-30-22-17(24(29)31-25)10-19(35-2)23(36-3)21(22)26/h4-7,10,14,18H,8-9,11,13,28H2,1-3H3,(H2,29,30,31)/t14?,18-/m1/s1. The normalized spacial score (nSPS) is 16.5. The van der Waals surface area contributed by atoms with E-state index in [-0.39, 0.29) is 47.2 Å². The summed E-state index contributed by atoms with van der Waals surface area (Å²) in [6.45, 7) is 3.24. The molecule has 36 heavy (non-hydrogen) atoms. The molecule has 0 aliphatic carbocycles. The number of piperazine rings is 1. The molecule has 1 saturated heterocycles. The van der Waals surface area contributed by atoms with Gasteiger partial charge in [-0.2, -0.15) is 10.2 Å². The molecule has 1 aliphatic heterocycles. The van der Waals surface area contributed by atoms with Crippen LogP contribution in [0.2, 0.25) is 0 Å². The van der Waals surface area contributed by atoms with Gasteiger partial charge >= 0.3 is 0 Å². The number of aromatic nitrogens is 2. The fourth-order valence-electron chi connectivity index (χ4n) is 4.39. The number of rotatable bonds is 6. The number of anilines is 2. The first-order chi connectivity index (χ1) is 17.3. The van der Waals surface area contributed by atoms with E-state index in [0.29, 0.717) is 30.6 Å². The second-order valence-corrected chi connectivity index (χ2v) is 8.66. The van der Waals surface area contributed by atoms with Crippen molar-refractivity contribution in [3.63, 3.8) is 0 Å². The van der Waals surface area contributed by atoms with Crippen molar-refractivity contribution < 1.29 is 18.7 Å². The maximum Gasteiger partial charge on any atom is 0.228 e. The summed E-state index contributed by atoms with van der Waals surface area (Å²) in [5.41, 5.74) is 13.8. The highest BCUT2D eigenvalue weighted by Crippen LogP contribution is 2.37. The van der Waals surface area contributed by atoms with Crippen LogP contribution in [-0.4, -0.2) is 60.7 Å². The third kappa shape index (κ3) is 4.67. The highest BCUT2D eigenvalue weighted by atomic mass is 19.1. The Morgan fingerprint density at radius 2 is 1.97 bits per heavy atom. The van der Waals surface area contributed by atoms with E-state index in [1.807, 2.05) is 11.8 Å². The van der Waals surface area contributed by atoms with Crippen molar-refractivity contribution in [1.82, 2.24) is 14.9 Å². The van der Waals surface area contributed by atoms with Gasteiger partial charge in [-0.1, -0.05) is 12.1 Å². The molecule has 1 aromatic heterocycles. The van der Waals surface area contributed by atoms with Crippen LogP contribution >= 0.6 is 0 Å². The molecule has 1 aliphatic rings. The first kappa shape index (κ1) is 24.9. The summed E-state index contributed by atoms with van der Waals surface area (Å²) in [4.78, 5) is 25.4. The van der Waals surface area contributed by atoms with Crippen molar-refractivity contribution >= 4 is 28.6 Å². The largest absolute Gasteiger partial charge is 0.493 e. The van der Waals surface area contributed by atoms with Crippen molar-refractivity contribution in [1.29, 1.82) is 5.26 Å². The lowest BCUT2D eigenvalue weighted by Crippen LogP contribution is -2.54. The van der Waals surface area contributed by atoms with Crippen LogP contribution in [0, 0.1) is 17.1 Å². The Balaban J connectivity index is 1.49. The highest BCUT2D eigenvalue weighted by Gasteiger charge is 2.30. The number of nitriles is 1. The molecular formula is C25H28FN7O3. The molecule has 1 fully saturated rings. The van der Waals surface area contributed by atoms with Crippen molar-refractivity contribution in [3.8, 4) is 17.6 Å². The second-order valence-electron chi connectivity index (χ2n) is 8.66. The first-order valence-corrected chi connectivity index (χ1v) is 11.4. The number of hydrogen-bond donors (Lipinski definition) is 2. The van der Waals surface area contributed by atoms with Gasteiger partial charge in [-0.3, -0.25) is 4.79 Å². The average molecular weight is 494 g/mol. The first-order valence-electron chi connectivity index (χ1n) is 11.4. The van der Waals surface area contributed by atoms with Gasteiger partial charge < -0.3 is 30.7 Å². The van der Waals surface area contributed by atoms with Gasteiger partial charge in [0.05, 0.1) is 25.9 Å².